The van der Waals surface area contributed by atoms with Crippen LogP contribution in [0.2, 0.25) is 5.02 Å². The highest BCUT2D eigenvalue weighted by Crippen LogP contribution is 2.42. The molecule has 6 heterocycles. The summed E-state index contributed by atoms with van der Waals surface area (Å²) in [7, 11) is 3.22. The highest BCUT2D eigenvalue weighted by Gasteiger charge is 2.31. The van der Waals surface area contributed by atoms with Gasteiger partial charge >= 0.3 is 0 Å². The molecular formula is C47H49ClF2N10O4. The second kappa shape index (κ2) is 17.6. The molecule has 0 spiro atoms. The maximum Gasteiger partial charge on any atom is 0.269 e. The number of rotatable bonds is 11. The first-order chi connectivity index (χ1) is 30.8. The molecule has 2 N–H and O–H groups in total. The normalized spacial score (nSPS) is 17.3. The molecular weight excluding hydrogens is 842 g/mol. The topological polar surface area (TPSA) is 145 Å². The summed E-state index contributed by atoms with van der Waals surface area (Å²) in [4.78, 5) is 61.3. The number of amides is 4. The molecule has 3 aromatic heterocycles. The lowest BCUT2D eigenvalue weighted by Crippen LogP contribution is -2.47. The molecule has 0 aliphatic carbocycles. The quantitative estimate of drug-likeness (QED) is 0.143. The minimum atomic E-state index is -0.575. The predicted octanol–water partition coefficient (Wildman–Crippen LogP) is 6.37. The minimum absolute atomic E-state index is 0.0763. The fourth-order valence-corrected chi connectivity index (χ4v) is 9.58. The molecule has 0 radical (unpaired) electrons. The average molecular weight is 891 g/mol. The molecule has 2 fully saturated rings. The predicted molar refractivity (Wildman–Crippen MR) is 241 cm³/mol. The van der Waals surface area contributed by atoms with Crippen LogP contribution in [0, 0.1) is 18.6 Å². The molecule has 1 atom stereocenters. The number of piperidine rings is 1. The third-order valence-corrected chi connectivity index (χ3v) is 13.0. The number of carbonyl (C=O) groups is 4. The smallest absolute Gasteiger partial charge is 0.269 e. The summed E-state index contributed by atoms with van der Waals surface area (Å²) in [5, 5.41) is 13.0. The number of anilines is 1. The van der Waals surface area contributed by atoms with Crippen LogP contribution in [0.4, 0.5) is 14.5 Å². The van der Waals surface area contributed by atoms with Crippen LogP contribution in [-0.4, -0.2) is 123 Å². The first kappa shape index (κ1) is 42.9. The van der Waals surface area contributed by atoms with Crippen molar-refractivity contribution < 1.29 is 28.0 Å². The number of hydrogen-bond donors (Lipinski definition) is 2. The zero-order valence-corrected chi connectivity index (χ0v) is 36.7. The van der Waals surface area contributed by atoms with Gasteiger partial charge in [0.05, 0.1) is 27.4 Å². The van der Waals surface area contributed by atoms with Crippen LogP contribution in [0.15, 0.2) is 67.0 Å². The average Bonchev–Trinajstić information content (AvgIpc) is 4.06. The summed E-state index contributed by atoms with van der Waals surface area (Å²) < 4.78 is 36.6. The molecule has 2 saturated heterocycles. The monoisotopic (exact) mass is 890 g/mol. The highest BCUT2D eigenvalue weighted by atomic mass is 35.5. The third kappa shape index (κ3) is 8.27. The van der Waals surface area contributed by atoms with Crippen molar-refractivity contribution >= 4 is 68.3 Å². The zero-order valence-electron chi connectivity index (χ0n) is 36.0. The Kier molecular flexibility index (Phi) is 11.8. The second-order valence-corrected chi connectivity index (χ2v) is 17.4. The lowest BCUT2D eigenvalue weighted by atomic mass is 9.93. The van der Waals surface area contributed by atoms with Gasteiger partial charge in [-0.3, -0.25) is 38.8 Å². The number of nitrogens with zero attached hydrogens (tertiary/aromatic N) is 8. The number of carbonyl (C=O) groups excluding carboxylic acids is 4. The Morgan fingerprint density at radius 2 is 1.78 bits per heavy atom. The highest BCUT2D eigenvalue weighted by molar-refractivity contribution is 6.34. The molecule has 3 aromatic carbocycles. The van der Waals surface area contributed by atoms with Crippen molar-refractivity contribution in [2.75, 3.05) is 64.8 Å². The first-order valence-corrected chi connectivity index (χ1v) is 22.0. The van der Waals surface area contributed by atoms with Gasteiger partial charge in [0.1, 0.15) is 17.6 Å². The Morgan fingerprint density at radius 3 is 2.53 bits per heavy atom. The molecule has 9 rings (SSSR count). The maximum absolute atomic E-state index is 16.7. The number of halogens is 3. The van der Waals surface area contributed by atoms with Gasteiger partial charge in [0.2, 0.25) is 11.8 Å². The number of aromatic nitrogens is 5. The lowest BCUT2D eigenvalue weighted by Gasteiger charge is -2.36. The van der Waals surface area contributed by atoms with E-state index in [2.05, 4.69) is 26.4 Å². The molecule has 14 nitrogen and oxygen atoms in total. The number of imide groups is 1. The van der Waals surface area contributed by atoms with Crippen molar-refractivity contribution in [1.82, 2.24) is 44.6 Å². The van der Waals surface area contributed by atoms with Crippen LogP contribution in [0.1, 0.15) is 59.0 Å². The van der Waals surface area contributed by atoms with Gasteiger partial charge in [0.15, 0.2) is 5.82 Å². The Labute approximate surface area is 373 Å². The van der Waals surface area contributed by atoms with Crippen molar-refractivity contribution in [3.63, 3.8) is 0 Å². The van der Waals surface area contributed by atoms with Crippen molar-refractivity contribution in [2.24, 2.45) is 0 Å². The Morgan fingerprint density at radius 1 is 0.969 bits per heavy atom. The molecule has 3 aliphatic heterocycles. The fourth-order valence-electron chi connectivity index (χ4n) is 9.32. The molecule has 64 heavy (non-hydrogen) atoms. The number of H-pyrrole nitrogens is 1. The molecule has 332 valence electrons. The van der Waals surface area contributed by atoms with Crippen LogP contribution in [0.5, 0.6) is 0 Å². The van der Waals surface area contributed by atoms with Crippen LogP contribution < -0.4 is 10.2 Å². The van der Waals surface area contributed by atoms with Crippen molar-refractivity contribution in [3.05, 3.63) is 106 Å². The summed E-state index contributed by atoms with van der Waals surface area (Å²) in [6, 6.07) is 13.5. The van der Waals surface area contributed by atoms with Crippen LogP contribution >= 0.6 is 11.6 Å². The Bertz CT molecular complexity index is 2840. The number of benzene rings is 3. The van der Waals surface area contributed by atoms with Gasteiger partial charge in [-0.15, -0.1) is 0 Å². The second-order valence-electron chi connectivity index (χ2n) is 17.0. The molecule has 1 unspecified atom stereocenters. The van der Waals surface area contributed by atoms with E-state index in [-0.39, 0.29) is 64.8 Å². The Balaban J connectivity index is 0.931. The van der Waals surface area contributed by atoms with Gasteiger partial charge in [-0.2, -0.15) is 10.2 Å². The standard InChI is InChI=1S/C47H49ClF2N10O4/c1-28-43-29(7-4-9-38(43)60(54-28)39-10-11-41(61)53-46(39)63)12-17-56-19-21-57(22-20-56)40-26-35(48)33(24-36(40)49)32-23-31(44(50)45-34(32)25-37(52-45)47(64)55(2)3)30-8-5-15-58(27-30)42(62)13-18-59-16-6-14-51-59/h4,6-9,14,16,23-26,39,52H,5,10-13,15,17-22,27H2,1-3H3,(H,53,61,63). The number of piperazine rings is 1. The van der Waals surface area contributed by atoms with E-state index in [1.165, 1.54) is 11.0 Å². The van der Waals surface area contributed by atoms with E-state index in [0.29, 0.717) is 79.9 Å². The van der Waals surface area contributed by atoms with E-state index in [9.17, 15) is 19.2 Å². The molecule has 4 amide bonds. The van der Waals surface area contributed by atoms with Gasteiger partial charge in [-0.1, -0.05) is 29.8 Å². The van der Waals surface area contributed by atoms with E-state index in [0.717, 1.165) is 35.1 Å². The molecule has 0 saturated carbocycles. The van der Waals surface area contributed by atoms with Crippen molar-refractivity contribution in [2.45, 2.75) is 51.6 Å². The lowest BCUT2D eigenvalue weighted by molar-refractivity contribution is -0.136. The molecule has 6 aromatic rings. The molecule has 3 aliphatic rings. The van der Waals surface area contributed by atoms with Gasteiger partial charge < -0.3 is 19.7 Å². The van der Waals surface area contributed by atoms with Crippen LogP contribution in [0.3, 0.4) is 0 Å². The van der Waals surface area contributed by atoms with E-state index in [1.807, 2.05) is 30.0 Å². The SMILES string of the molecule is Cc1nn(C2CCC(=O)NC2=O)c2cccc(CCN3CCN(c4cc(Cl)c(-c5cc(C6=CCCN(C(=O)CCn7cccn7)C6)c(F)c6[nH]c(C(=O)N(C)C)cc56)cc4F)CC3)c12. The Hall–Kier alpha value is -6.39. The van der Waals surface area contributed by atoms with E-state index >= 15 is 8.78 Å². The largest absolute Gasteiger partial charge is 0.367 e. The number of aryl methyl sites for hydroxylation is 2. The summed E-state index contributed by atoms with van der Waals surface area (Å²) in [6.45, 7) is 6.31. The van der Waals surface area contributed by atoms with Gasteiger partial charge in [0, 0.05) is 114 Å². The summed E-state index contributed by atoms with van der Waals surface area (Å²) >= 11 is 7.07. The van der Waals surface area contributed by atoms with E-state index < -0.39 is 17.7 Å². The van der Waals surface area contributed by atoms with Gasteiger partial charge in [-0.05, 0) is 79.3 Å². The van der Waals surface area contributed by atoms with E-state index in [4.69, 9.17) is 16.7 Å². The summed E-state index contributed by atoms with van der Waals surface area (Å²) in [5.74, 6) is -2.08. The zero-order chi connectivity index (χ0) is 44.8. The van der Waals surface area contributed by atoms with Crippen LogP contribution in [0.25, 0.3) is 38.5 Å². The maximum atomic E-state index is 16.7. The van der Waals surface area contributed by atoms with Gasteiger partial charge in [-0.25, -0.2) is 8.78 Å². The molecule has 0 bridgehead atoms. The minimum Gasteiger partial charge on any atom is -0.367 e. The third-order valence-electron chi connectivity index (χ3n) is 12.7. The van der Waals surface area contributed by atoms with Crippen molar-refractivity contribution in [3.8, 4) is 11.1 Å². The summed E-state index contributed by atoms with van der Waals surface area (Å²) in [6.07, 6.45) is 7.57. The molecule has 17 heteroatoms. The van der Waals surface area contributed by atoms with E-state index in [1.54, 1.807) is 65.0 Å². The first-order valence-electron chi connectivity index (χ1n) is 21.6. The van der Waals surface area contributed by atoms with Gasteiger partial charge in [0.25, 0.3) is 11.8 Å². The number of nitrogens with one attached hydrogen (secondary N) is 2. The number of hydrogen-bond acceptors (Lipinski definition) is 8. The number of fused-ring (bicyclic) bond motifs is 2. The van der Waals surface area contributed by atoms with Crippen molar-refractivity contribution in [1.29, 1.82) is 0 Å². The summed E-state index contributed by atoms with van der Waals surface area (Å²) in [5.41, 5.74) is 5.09. The fraction of sp³-hybridized carbons (Fsp3) is 0.362. The number of aromatic amines is 1. The van der Waals surface area contributed by atoms with Crippen LogP contribution in [-0.2, 0) is 27.3 Å².